The molecule has 2 unspecified atom stereocenters. The number of carbonyl (C=O) groups is 2. The highest BCUT2D eigenvalue weighted by atomic mass is 16.5. The number of fused-ring (bicyclic) bond motifs is 1. The number of aromatic nitrogens is 2. The summed E-state index contributed by atoms with van der Waals surface area (Å²) < 4.78 is 5.86. The van der Waals surface area contributed by atoms with Crippen molar-refractivity contribution in [2.24, 2.45) is 0 Å². The van der Waals surface area contributed by atoms with Crippen LogP contribution in [-0.2, 0) is 20.7 Å². The highest BCUT2D eigenvalue weighted by molar-refractivity contribution is 5.80. The third-order valence-corrected chi connectivity index (χ3v) is 5.99. The maximum atomic E-state index is 13.0. The van der Waals surface area contributed by atoms with Gasteiger partial charge in [0, 0.05) is 37.9 Å². The third kappa shape index (κ3) is 3.76. The van der Waals surface area contributed by atoms with E-state index in [0.717, 1.165) is 19.3 Å². The van der Waals surface area contributed by atoms with Gasteiger partial charge in [-0.3, -0.25) is 14.4 Å². The second kappa shape index (κ2) is 7.42. The average Bonchev–Trinajstić information content (AvgIpc) is 2.97. The van der Waals surface area contributed by atoms with Crippen LogP contribution in [0.5, 0.6) is 0 Å². The number of likely N-dealkylation sites (tertiary alicyclic amines) is 1. The molecule has 2 fully saturated rings. The number of hydrogen-bond acceptors (Lipinski definition) is 5. The van der Waals surface area contributed by atoms with Crippen LogP contribution in [0, 0.1) is 13.8 Å². The van der Waals surface area contributed by atoms with E-state index in [-0.39, 0.29) is 41.5 Å². The van der Waals surface area contributed by atoms with Crippen LogP contribution in [0.25, 0.3) is 0 Å². The fourth-order valence-corrected chi connectivity index (χ4v) is 4.62. The molecule has 3 atom stereocenters. The van der Waals surface area contributed by atoms with Gasteiger partial charge in [-0.1, -0.05) is 0 Å². The average molecular weight is 376 g/mol. The van der Waals surface area contributed by atoms with E-state index in [2.05, 4.69) is 15.3 Å². The summed E-state index contributed by atoms with van der Waals surface area (Å²) in [6.07, 6.45) is 3.10. The number of aryl methyl sites for hydroxylation is 2. The number of hydrogen-bond donors (Lipinski definition) is 2. The molecule has 2 N–H and O–H groups in total. The van der Waals surface area contributed by atoms with E-state index in [4.69, 9.17) is 4.74 Å². The molecule has 2 heterocycles. The van der Waals surface area contributed by atoms with Crippen molar-refractivity contribution >= 4 is 11.8 Å². The molecule has 1 aromatic rings. The van der Waals surface area contributed by atoms with Gasteiger partial charge >= 0.3 is 0 Å². The van der Waals surface area contributed by atoms with Crippen LogP contribution < -0.4 is 10.9 Å². The van der Waals surface area contributed by atoms with Gasteiger partial charge in [0.25, 0.3) is 5.56 Å². The lowest BCUT2D eigenvalue weighted by Crippen LogP contribution is -2.55. The summed E-state index contributed by atoms with van der Waals surface area (Å²) in [7, 11) is 1.69. The van der Waals surface area contributed by atoms with Crippen LogP contribution in [0.1, 0.15) is 49.7 Å². The summed E-state index contributed by atoms with van der Waals surface area (Å²) in [6.45, 7) is 5.58. The van der Waals surface area contributed by atoms with Crippen LogP contribution in [0.2, 0.25) is 0 Å². The number of H-pyrrole nitrogens is 1. The molecular formula is C19H28N4O4. The Morgan fingerprint density at radius 1 is 1.37 bits per heavy atom. The number of aromatic amines is 1. The molecule has 1 saturated heterocycles. The minimum atomic E-state index is -0.363. The van der Waals surface area contributed by atoms with Crippen molar-refractivity contribution in [3.05, 3.63) is 27.4 Å². The predicted molar refractivity (Wildman–Crippen MR) is 99.3 cm³/mol. The minimum absolute atomic E-state index is 0.0234. The molecule has 8 nitrogen and oxygen atoms in total. The van der Waals surface area contributed by atoms with Crippen LogP contribution in [0.15, 0.2) is 4.79 Å². The largest absolute Gasteiger partial charge is 0.376 e. The van der Waals surface area contributed by atoms with Crippen molar-refractivity contribution in [3.63, 3.8) is 0 Å². The van der Waals surface area contributed by atoms with Crippen molar-refractivity contribution in [1.82, 2.24) is 20.2 Å². The normalized spacial score (nSPS) is 27.3. The molecule has 1 aromatic heterocycles. The van der Waals surface area contributed by atoms with E-state index in [1.165, 1.54) is 6.92 Å². The Bertz CT molecular complexity index is 805. The first-order chi connectivity index (χ1) is 12.8. The summed E-state index contributed by atoms with van der Waals surface area (Å²) in [5.41, 5.74) is 0.374. The molecule has 0 bridgehead atoms. The first-order valence-electron chi connectivity index (χ1n) is 9.44. The second-order valence-electron chi connectivity index (χ2n) is 7.69. The summed E-state index contributed by atoms with van der Waals surface area (Å²) >= 11 is 0. The molecule has 2 aliphatic rings. The van der Waals surface area contributed by atoms with Crippen LogP contribution in [0.4, 0.5) is 0 Å². The molecule has 1 saturated carbocycles. The third-order valence-electron chi connectivity index (χ3n) is 5.99. The number of ether oxygens (including phenoxy) is 1. The van der Waals surface area contributed by atoms with Gasteiger partial charge < -0.3 is 19.9 Å². The minimum Gasteiger partial charge on any atom is -0.376 e. The lowest BCUT2D eigenvalue weighted by Gasteiger charge is -2.43. The van der Waals surface area contributed by atoms with Gasteiger partial charge in [0.05, 0.1) is 18.1 Å². The molecule has 2 amide bonds. The predicted octanol–water partition coefficient (Wildman–Crippen LogP) is 0.604. The summed E-state index contributed by atoms with van der Waals surface area (Å²) in [4.78, 5) is 45.5. The van der Waals surface area contributed by atoms with E-state index in [1.807, 2.05) is 4.90 Å². The fourth-order valence-electron chi connectivity index (χ4n) is 4.62. The maximum Gasteiger partial charge on any atom is 0.254 e. The SMILES string of the molecule is CO[C@@]12CCC(NC(C)=O)CC1N(C(=O)Cc1c(C)nc(C)[nH]c1=O)CC2. The molecule has 148 valence electrons. The van der Waals surface area contributed by atoms with Gasteiger partial charge in [-0.2, -0.15) is 0 Å². The van der Waals surface area contributed by atoms with E-state index >= 15 is 0 Å². The van der Waals surface area contributed by atoms with Crippen molar-refractivity contribution < 1.29 is 14.3 Å². The molecule has 1 aliphatic heterocycles. The van der Waals surface area contributed by atoms with Gasteiger partial charge in [-0.15, -0.1) is 0 Å². The molecule has 0 aromatic carbocycles. The Morgan fingerprint density at radius 3 is 2.74 bits per heavy atom. The summed E-state index contributed by atoms with van der Waals surface area (Å²) in [5, 5.41) is 2.97. The number of nitrogens with zero attached hydrogens (tertiary/aromatic N) is 2. The topological polar surface area (TPSA) is 104 Å². The monoisotopic (exact) mass is 376 g/mol. The second-order valence-corrected chi connectivity index (χ2v) is 7.69. The molecule has 3 rings (SSSR count). The lowest BCUT2D eigenvalue weighted by molar-refractivity contribution is -0.137. The van der Waals surface area contributed by atoms with Gasteiger partial charge in [0.15, 0.2) is 0 Å². The highest BCUT2D eigenvalue weighted by Crippen LogP contribution is 2.42. The Hall–Kier alpha value is -2.22. The molecule has 27 heavy (non-hydrogen) atoms. The number of carbonyl (C=O) groups excluding carboxylic acids is 2. The fraction of sp³-hybridized carbons (Fsp3) is 0.684. The van der Waals surface area contributed by atoms with E-state index in [9.17, 15) is 14.4 Å². The number of rotatable bonds is 4. The Morgan fingerprint density at radius 2 is 2.11 bits per heavy atom. The maximum absolute atomic E-state index is 13.0. The highest BCUT2D eigenvalue weighted by Gasteiger charge is 2.52. The zero-order valence-electron chi connectivity index (χ0n) is 16.4. The van der Waals surface area contributed by atoms with Gasteiger partial charge in [-0.05, 0) is 39.5 Å². The van der Waals surface area contributed by atoms with E-state index in [0.29, 0.717) is 30.0 Å². The number of methoxy groups -OCH3 is 1. The molecule has 0 radical (unpaired) electrons. The first-order valence-corrected chi connectivity index (χ1v) is 9.44. The molecule has 1 aliphatic carbocycles. The molecular weight excluding hydrogens is 348 g/mol. The van der Waals surface area contributed by atoms with Crippen molar-refractivity contribution in [1.29, 1.82) is 0 Å². The smallest absolute Gasteiger partial charge is 0.254 e. The number of amides is 2. The zero-order chi connectivity index (χ0) is 19.8. The summed E-state index contributed by atoms with van der Waals surface area (Å²) in [6, 6.07) is -0.0613. The van der Waals surface area contributed by atoms with E-state index < -0.39 is 0 Å². The molecule has 8 heteroatoms. The first kappa shape index (κ1) is 19.5. The van der Waals surface area contributed by atoms with Crippen molar-refractivity contribution in [3.8, 4) is 0 Å². The van der Waals surface area contributed by atoms with Crippen molar-refractivity contribution in [2.75, 3.05) is 13.7 Å². The van der Waals surface area contributed by atoms with Crippen LogP contribution >= 0.6 is 0 Å². The Kier molecular flexibility index (Phi) is 5.37. The lowest BCUT2D eigenvalue weighted by atomic mass is 9.78. The quantitative estimate of drug-likeness (QED) is 0.801. The van der Waals surface area contributed by atoms with Crippen LogP contribution in [-0.4, -0.2) is 58.0 Å². The Balaban J connectivity index is 1.80. The van der Waals surface area contributed by atoms with Crippen LogP contribution in [0.3, 0.4) is 0 Å². The van der Waals surface area contributed by atoms with Gasteiger partial charge in [0.2, 0.25) is 11.8 Å². The summed E-state index contributed by atoms with van der Waals surface area (Å²) in [5.74, 6) is 0.383. The molecule has 0 spiro atoms. The Labute approximate surface area is 158 Å². The standard InChI is InChI=1S/C19H28N4O4/c1-11-15(18(26)21-12(2)20-11)10-17(25)23-8-7-19(27-4)6-5-14(9-16(19)23)22-13(3)24/h14,16H,5-10H2,1-4H3,(H,22,24)(H,20,21,26)/t14?,16?,19-/m1/s1. The van der Waals surface area contributed by atoms with Crippen molar-refractivity contribution in [2.45, 2.75) is 70.6 Å². The van der Waals surface area contributed by atoms with Gasteiger partial charge in [-0.25, -0.2) is 4.98 Å². The zero-order valence-corrected chi connectivity index (χ0v) is 16.4. The van der Waals surface area contributed by atoms with Gasteiger partial charge in [0.1, 0.15) is 5.82 Å². The number of nitrogens with one attached hydrogen (secondary N) is 2. The van der Waals surface area contributed by atoms with E-state index in [1.54, 1.807) is 21.0 Å².